The summed E-state index contributed by atoms with van der Waals surface area (Å²) in [6, 6.07) is 0. The largest absolute Gasteiger partial charge is 0.480 e. The first-order chi connectivity index (χ1) is 14.0. The molecule has 1 aliphatic heterocycles. The number of anilines is 1. The van der Waals surface area contributed by atoms with E-state index in [1.165, 1.54) is 17.2 Å². The Morgan fingerprint density at radius 2 is 2.00 bits per heavy atom. The van der Waals surface area contributed by atoms with Crippen LogP contribution >= 0.6 is 28.2 Å². The molecule has 0 amide bonds. The Morgan fingerprint density at radius 1 is 1.27 bits per heavy atom. The second kappa shape index (κ2) is 9.14. The van der Waals surface area contributed by atoms with Crippen LogP contribution < -0.4 is 10.8 Å². The van der Waals surface area contributed by atoms with Gasteiger partial charge in [-0.1, -0.05) is 0 Å². The number of aliphatic hydroxyl groups is 2. The fraction of sp³-hybridized carbons (Fsp3) is 0.583. The van der Waals surface area contributed by atoms with Crippen LogP contribution in [0.15, 0.2) is 12.7 Å². The highest BCUT2D eigenvalue weighted by atomic mass is 32.1. The van der Waals surface area contributed by atoms with Gasteiger partial charge in [0.1, 0.15) is 30.2 Å². The molecule has 1 fully saturated rings. The molecule has 0 bridgehead atoms. The van der Waals surface area contributed by atoms with Gasteiger partial charge in [-0.15, -0.1) is 0 Å². The number of imidazole rings is 1. The van der Waals surface area contributed by atoms with Crippen LogP contribution in [0.5, 0.6) is 0 Å². The van der Waals surface area contributed by atoms with Crippen molar-refractivity contribution in [2.45, 2.75) is 24.5 Å². The second-order valence-corrected chi connectivity index (χ2v) is 9.78. The summed E-state index contributed by atoms with van der Waals surface area (Å²) in [4.78, 5) is 31.0. The van der Waals surface area contributed by atoms with Crippen molar-refractivity contribution in [1.29, 1.82) is 0 Å². The van der Waals surface area contributed by atoms with E-state index in [2.05, 4.69) is 36.4 Å². The number of nitrogen functional groups attached to an aromatic ring is 1. The van der Waals surface area contributed by atoms with Crippen LogP contribution in [-0.4, -0.2) is 76.7 Å². The van der Waals surface area contributed by atoms with Gasteiger partial charge >= 0.3 is 15.6 Å². The minimum Gasteiger partial charge on any atom is -0.387 e. The third-order valence-electron chi connectivity index (χ3n) is 4.04. The molecule has 2 aromatic heterocycles. The minimum atomic E-state index is -5.01. The molecule has 2 unspecified atom stereocenters. The molecule has 30 heavy (non-hydrogen) atoms. The average Bonchev–Trinajstić information content (AvgIpc) is 3.21. The number of hydrogen-bond donors (Lipinski definition) is 7. The van der Waals surface area contributed by atoms with E-state index < -0.39 is 46.7 Å². The molecule has 0 aromatic carbocycles. The molecule has 2 aromatic rings. The van der Waals surface area contributed by atoms with Crippen LogP contribution in [0.3, 0.4) is 0 Å². The Hall–Kier alpha value is -1.16. The molecule has 168 valence electrons. The monoisotopic (exact) mass is 486 g/mol. The number of phosphoric ester groups is 1. The molecular formula is C12H20N6O9P2S. The molecule has 3 heterocycles. The number of thiol groups is 1. The van der Waals surface area contributed by atoms with Gasteiger partial charge < -0.3 is 30.5 Å². The molecule has 1 saturated heterocycles. The van der Waals surface area contributed by atoms with E-state index in [0.717, 1.165) is 0 Å². The lowest BCUT2D eigenvalue weighted by atomic mass is 10.1. The first kappa shape index (κ1) is 23.5. The van der Waals surface area contributed by atoms with E-state index in [1.807, 2.05) is 5.09 Å². The van der Waals surface area contributed by atoms with Crippen molar-refractivity contribution in [3.8, 4) is 0 Å². The zero-order chi connectivity index (χ0) is 22.1. The standard InChI is InChI=1S/C12H20N6O9P2S/c13-10-7-11(15-4-14-10)18(5-16-7)12-9(20)8(19)6(26-12)3-25-29(23,24)27-28(21,22)17-1-2-30/h4-6,8-9,12,19-20,30H,1-3H2,(H,23,24)(H2,13,14,15)(H2,17,21,22)/t6-,8-,9-,12-/m1/s1. The van der Waals surface area contributed by atoms with Crippen LogP contribution in [0, 0.1) is 0 Å². The number of hydrogen-bond acceptors (Lipinski definition) is 12. The van der Waals surface area contributed by atoms with Crippen molar-refractivity contribution in [3.05, 3.63) is 12.7 Å². The fourth-order valence-electron chi connectivity index (χ4n) is 2.70. The maximum Gasteiger partial charge on any atom is 0.480 e. The number of rotatable bonds is 9. The van der Waals surface area contributed by atoms with Crippen LogP contribution in [0.25, 0.3) is 11.2 Å². The summed E-state index contributed by atoms with van der Waals surface area (Å²) < 4.78 is 39.3. The molecule has 0 radical (unpaired) electrons. The molecule has 3 rings (SSSR count). The predicted molar refractivity (Wildman–Crippen MR) is 104 cm³/mol. The fourth-order valence-corrected chi connectivity index (χ4v) is 5.26. The summed E-state index contributed by atoms with van der Waals surface area (Å²) in [5.41, 5.74) is 6.19. The van der Waals surface area contributed by atoms with E-state index in [4.69, 9.17) is 10.5 Å². The smallest absolute Gasteiger partial charge is 0.387 e. The third-order valence-corrected chi connectivity index (χ3v) is 7.07. The van der Waals surface area contributed by atoms with Gasteiger partial charge in [0.25, 0.3) is 0 Å². The van der Waals surface area contributed by atoms with Gasteiger partial charge in [-0.2, -0.15) is 16.9 Å². The van der Waals surface area contributed by atoms with Crippen molar-refractivity contribution >= 4 is 45.2 Å². The molecule has 15 nitrogen and oxygen atoms in total. The van der Waals surface area contributed by atoms with Gasteiger partial charge in [-0.05, 0) is 0 Å². The van der Waals surface area contributed by atoms with Crippen LogP contribution in [0.1, 0.15) is 6.23 Å². The summed E-state index contributed by atoms with van der Waals surface area (Å²) in [5.74, 6) is 0.274. The molecule has 7 N–H and O–H groups in total. The summed E-state index contributed by atoms with van der Waals surface area (Å²) in [6.45, 7) is -0.805. The van der Waals surface area contributed by atoms with Gasteiger partial charge in [0.15, 0.2) is 17.7 Å². The maximum atomic E-state index is 11.9. The number of nitrogens with two attached hydrogens (primary N) is 1. The Kier molecular flexibility index (Phi) is 7.16. The normalized spacial score (nSPS) is 28.4. The number of aliphatic hydroxyl groups excluding tert-OH is 2. The first-order valence-electron chi connectivity index (χ1n) is 8.37. The summed E-state index contributed by atoms with van der Waals surface area (Å²) in [7, 11) is -9.64. The van der Waals surface area contributed by atoms with Crippen molar-refractivity contribution < 1.29 is 42.7 Å². The van der Waals surface area contributed by atoms with Crippen molar-refractivity contribution in [1.82, 2.24) is 24.6 Å². The van der Waals surface area contributed by atoms with Gasteiger partial charge in [0.05, 0.1) is 12.9 Å². The zero-order valence-electron chi connectivity index (χ0n) is 15.1. The summed E-state index contributed by atoms with van der Waals surface area (Å²) >= 11 is 3.82. The highest BCUT2D eigenvalue weighted by Gasteiger charge is 2.46. The van der Waals surface area contributed by atoms with E-state index in [0.29, 0.717) is 0 Å². The van der Waals surface area contributed by atoms with E-state index in [-0.39, 0.29) is 29.3 Å². The number of ether oxygens (including phenoxy) is 1. The van der Waals surface area contributed by atoms with Gasteiger partial charge in [0.2, 0.25) is 0 Å². The van der Waals surface area contributed by atoms with Crippen LogP contribution in [-0.2, 0) is 22.7 Å². The Labute approximate surface area is 174 Å². The highest BCUT2D eigenvalue weighted by molar-refractivity contribution is 7.80. The van der Waals surface area contributed by atoms with E-state index in [9.17, 15) is 29.1 Å². The van der Waals surface area contributed by atoms with E-state index >= 15 is 0 Å². The number of fused-ring (bicyclic) bond motifs is 1. The highest BCUT2D eigenvalue weighted by Crippen LogP contribution is 2.57. The molecule has 0 aliphatic carbocycles. The van der Waals surface area contributed by atoms with Gasteiger partial charge in [-0.3, -0.25) is 9.09 Å². The maximum absolute atomic E-state index is 11.9. The number of aromatic nitrogens is 4. The lowest BCUT2D eigenvalue weighted by Crippen LogP contribution is -2.33. The minimum absolute atomic E-state index is 0.0673. The Bertz CT molecular complexity index is 994. The number of phosphoric acid groups is 1. The number of nitrogens with zero attached hydrogens (tertiary/aromatic N) is 4. The Balaban J connectivity index is 1.67. The first-order valence-corrected chi connectivity index (χ1v) is 12.1. The second-order valence-electron chi connectivity index (χ2n) is 6.13. The van der Waals surface area contributed by atoms with Crippen molar-refractivity contribution in [2.24, 2.45) is 0 Å². The zero-order valence-corrected chi connectivity index (χ0v) is 17.8. The Morgan fingerprint density at radius 3 is 2.70 bits per heavy atom. The predicted octanol–water partition coefficient (Wildman–Crippen LogP) is -1.22. The van der Waals surface area contributed by atoms with E-state index in [1.54, 1.807) is 0 Å². The van der Waals surface area contributed by atoms with Crippen LogP contribution in [0.2, 0.25) is 0 Å². The van der Waals surface area contributed by atoms with Crippen molar-refractivity contribution in [2.75, 3.05) is 24.6 Å². The molecule has 1 aliphatic rings. The lowest BCUT2D eigenvalue weighted by molar-refractivity contribution is -0.0502. The molecule has 6 atom stereocenters. The SMILES string of the molecule is Nc1ncnc2c1ncn2[C@@H]1O[C@H](COP(=O)(O)OP(=O)(O)NCCS)[C@@H](O)[C@H]1O. The quantitative estimate of drug-likeness (QED) is 0.163. The summed E-state index contributed by atoms with van der Waals surface area (Å²) in [5, 5.41) is 22.5. The van der Waals surface area contributed by atoms with Gasteiger partial charge in [-0.25, -0.2) is 29.2 Å². The van der Waals surface area contributed by atoms with Gasteiger partial charge in [0, 0.05) is 12.3 Å². The number of nitrogens with one attached hydrogen (secondary N) is 1. The van der Waals surface area contributed by atoms with Crippen molar-refractivity contribution in [3.63, 3.8) is 0 Å². The molecular weight excluding hydrogens is 466 g/mol. The molecule has 0 saturated carbocycles. The molecule has 0 spiro atoms. The topological polar surface area (TPSA) is 224 Å². The third kappa shape index (κ3) is 5.18. The summed E-state index contributed by atoms with van der Waals surface area (Å²) in [6.07, 6.45) is -3.01. The average molecular weight is 486 g/mol. The lowest BCUT2D eigenvalue weighted by Gasteiger charge is -2.19. The molecule has 18 heteroatoms. The van der Waals surface area contributed by atoms with Crippen LogP contribution in [0.4, 0.5) is 5.82 Å².